The summed E-state index contributed by atoms with van der Waals surface area (Å²) in [6.07, 6.45) is 39.2. The normalized spacial score (nSPS) is 14.5. The first-order valence-electron chi connectivity index (χ1n) is 22.0. The van der Waals surface area contributed by atoms with Gasteiger partial charge >= 0.3 is 0 Å². The molecule has 0 aromatic rings. The van der Waals surface area contributed by atoms with Gasteiger partial charge in [0.15, 0.2) is 0 Å². The molecule has 9 heteroatoms. The lowest BCUT2D eigenvalue weighted by Crippen LogP contribution is -2.46. The van der Waals surface area contributed by atoms with Crippen LogP contribution in [0.3, 0.4) is 0 Å². The van der Waals surface area contributed by atoms with Crippen molar-refractivity contribution in [3.05, 3.63) is 12.2 Å². The van der Waals surface area contributed by atoms with Crippen molar-refractivity contribution in [3.63, 3.8) is 0 Å². The summed E-state index contributed by atoms with van der Waals surface area (Å²) in [5.74, 6) is -0.167. The molecule has 8 nitrogen and oxygen atoms in total. The SMILES string of the molecule is CCCCCCCC/C=C\CCCCCCCCCCCC(=O)NC(COP(=O)([O-])OCC[N+](C)(C)C)C(O)CCCCCCCCCCCCC. The fraction of sp³-hybridized carbons (Fsp3) is 0.930. The van der Waals surface area contributed by atoms with Crippen molar-refractivity contribution in [2.45, 2.75) is 219 Å². The van der Waals surface area contributed by atoms with E-state index in [4.69, 9.17) is 9.05 Å². The zero-order valence-corrected chi connectivity index (χ0v) is 35.9. The van der Waals surface area contributed by atoms with Crippen LogP contribution in [-0.4, -0.2) is 68.5 Å². The first-order valence-corrected chi connectivity index (χ1v) is 23.5. The number of unbranched alkanes of at least 4 members (excludes halogenated alkanes) is 25. The summed E-state index contributed by atoms with van der Waals surface area (Å²) in [4.78, 5) is 25.3. The molecule has 1 amide bonds. The third-order valence-corrected chi connectivity index (χ3v) is 11.0. The molecule has 0 saturated heterocycles. The molecule has 0 aliphatic carbocycles. The number of aliphatic hydroxyl groups is 1. The van der Waals surface area contributed by atoms with Gasteiger partial charge in [-0.15, -0.1) is 0 Å². The first kappa shape index (κ1) is 51.2. The minimum Gasteiger partial charge on any atom is -0.756 e. The van der Waals surface area contributed by atoms with Crippen molar-refractivity contribution in [2.24, 2.45) is 0 Å². The zero-order valence-electron chi connectivity index (χ0n) is 35.0. The van der Waals surface area contributed by atoms with Gasteiger partial charge in [0.05, 0.1) is 39.9 Å². The van der Waals surface area contributed by atoms with Crippen LogP contribution in [0.4, 0.5) is 0 Å². The Hall–Kier alpha value is -0.760. The molecule has 0 aromatic heterocycles. The summed E-state index contributed by atoms with van der Waals surface area (Å²) in [7, 11) is 1.31. The standard InChI is InChI=1S/C43H87N2O6P/c1-6-8-10-12-14-16-18-19-20-21-22-23-24-25-27-29-31-33-35-37-43(47)44-41(40-51-52(48,49)50-39-38-45(3,4)5)42(46)36-34-32-30-28-26-17-15-13-11-9-7-2/h19-20,41-42,46H,6-18,21-40H2,1-5H3,(H-,44,47,48,49)/b20-19-. The van der Waals surface area contributed by atoms with Gasteiger partial charge in [-0.25, -0.2) is 0 Å². The van der Waals surface area contributed by atoms with Crippen LogP contribution in [0.2, 0.25) is 0 Å². The number of nitrogens with one attached hydrogen (secondary N) is 1. The van der Waals surface area contributed by atoms with Gasteiger partial charge in [0.2, 0.25) is 5.91 Å². The van der Waals surface area contributed by atoms with Gasteiger partial charge in [0, 0.05) is 6.42 Å². The highest BCUT2D eigenvalue weighted by molar-refractivity contribution is 7.45. The second kappa shape index (κ2) is 35.9. The van der Waals surface area contributed by atoms with Crippen molar-refractivity contribution in [2.75, 3.05) is 40.9 Å². The number of nitrogens with zero attached hydrogens (tertiary/aromatic N) is 1. The second-order valence-electron chi connectivity index (χ2n) is 16.4. The number of rotatable bonds is 40. The summed E-state index contributed by atoms with van der Waals surface area (Å²) in [5.41, 5.74) is 0. The first-order chi connectivity index (χ1) is 25.0. The molecular formula is C43H87N2O6P. The van der Waals surface area contributed by atoms with Gasteiger partial charge in [0.1, 0.15) is 13.2 Å². The summed E-state index contributed by atoms with van der Waals surface area (Å²) in [6, 6.07) is -0.796. The molecule has 0 aromatic carbocycles. The number of quaternary nitrogens is 1. The van der Waals surface area contributed by atoms with E-state index < -0.39 is 20.0 Å². The maximum atomic E-state index is 12.8. The van der Waals surface area contributed by atoms with Crippen LogP contribution in [0.25, 0.3) is 0 Å². The number of phosphoric ester groups is 1. The Morgan fingerprint density at radius 2 is 1.06 bits per heavy atom. The number of carbonyl (C=O) groups excluding carboxylic acids is 1. The number of phosphoric acid groups is 1. The lowest BCUT2D eigenvalue weighted by molar-refractivity contribution is -0.870. The number of hydrogen-bond donors (Lipinski definition) is 2. The number of carbonyl (C=O) groups is 1. The minimum absolute atomic E-state index is 0.0135. The van der Waals surface area contributed by atoms with Crippen LogP contribution in [0.5, 0.6) is 0 Å². The molecule has 0 aliphatic heterocycles. The van der Waals surface area contributed by atoms with Crippen LogP contribution < -0.4 is 10.2 Å². The molecule has 310 valence electrons. The summed E-state index contributed by atoms with van der Waals surface area (Å²) < 4.78 is 23.2. The largest absolute Gasteiger partial charge is 0.756 e. The van der Waals surface area contributed by atoms with Gasteiger partial charge in [-0.3, -0.25) is 9.36 Å². The van der Waals surface area contributed by atoms with E-state index in [2.05, 4.69) is 31.3 Å². The number of hydrogen-bond acceptors (Lipinski definition) is 6. The van der Waals surface area contributed by atoms with Crippen molar-refractivity contribution >= 4 is 13.7 Å². The summed E-state index contributed by atoms with van der Waals surface area (Å²) >= 11 is 0. The van der Waals surface area contributed by atoms with E-state index >= 15 is 0 Å². The van der Waals surface area contributed by atoms with E-state index in [0.717, 1.165) is 38.5 Å². The minimum atomic E-state index is -4.56. The van der Waals surface area contributed by atoms with Gasteiger partial charge in [-0.05, 0) is 38.5 Å². The van der Waals surface area contributed by atoms with Crippen LogP contribution >= 0.6 is 7.82 Å². The number of allylic oxidation sites excluding steroid dienone is 2. The number of aliphatic hydroxyl groups excluding tert-OH is 1. The lowest BCUT2D eigenvalue weighted by Gasteiger charge is -2.30. The third kappa shape index (κ3) is 37.6. The fourth-order valence-corrected chi connectivity index (χ4v) is 7.17. The maximum Gasteiger partial charge on any atom is 0.268 e. The fourth-order valence-electron chi connectivity index (χ4n) is 6.45. The van der Waals surface area contributed by atoms with E-state index in [1.165, 1.54) is 141 Å². The molecule has 0 rings (SSSR count). The monoisotopic (exact) mass is 759 g/mol. The van der Waals surface area contributed by atoms with Crippen molar-refractivity contribution in [3.8, 4) is 0 Å². The Balaban J connectivity index is 4.29. The average molecular weight is 759 g/mol. The summed E-state index contributed by atoms with van der Waals surface area (Å²) in [6.45, 7) is 4.71. The van der Waals surface area contributed by atoms with E-state index in [1.54, 1.807) is 0 Å². The van der Waals surface area contributed by atoms with E-state index in [1.807, 2.05) is 21.1 Å². The zero-order chi connectivity index (χ0) is 38.6. The molecule has 0 saturated carbocycles. The molecule has 2 N–H and O–H groups in total. The molecule has 0 radical (unpaired) electrons. The Morgan fingerprint density at radius 1 is 0.654 bits per heavy atom. The molecule has 0 fully saturated rings. The number of amides is 1. The van der Waals surface area contributed by atoms with E-state index in [0.29, 0.717) is 23.9 Å². The highest BCUT2D eigenvalue weighted by atomic mass is 31.2. The smallest absolute Gasteiger partial charge is 0.268 e. The molecule has 0 heterocycles. The lowest BCUT2D eigenvalue weighted by atomic mass is 10.0. The Labute approximate surface area is 322 Å². The van der Waals surface area contributed by atoms with Gasteiger partial charge in [0.25, 0.3) is 7.82 Å². The predicted octanol–water partition coefficient (Wildman–Crippen LogP) is 11.3. The molecule has 0 bridgehead atoms. The Bertz CT molecular complexity index is 865. The van der Waals surface area contributed by atoms with Crippen LogP contribution in [0, 0.1) is 0 Å². The Morgan fingerprint density at radius 3 is 1.50 bits per heavy atom. The predicted molar refractivity (Wildman–Crippen MR) is 219 cm³/mol. The van der Waals surface area contributed by atoms with Gasteiger partial charge in [-0.1, -0.05) is 174 Å². The van der Waals surface area contributed by atoms with Crippen molar-refractivity contribution < 1.29 is 32.9 Å². The van der Waals surface area contributed by atoms with Crippen molar-refractivity contribution in [1.82, 2.24) is 5.32 Å². The van der Waals surface area contributed by atoms with Crippen molar-refractivity contribution in [1.29, 1.82) is 0 Å². The number of likely N-dealkylation sites (N-methyl/N-ethyl adjacent to an activating group) is 1. The highest BCUT2D eigenvalue weighted by Crippen LogP contribution is 2.38. The molecule has 52 heavy (non-hydrogen) atoms. The van der Waals surface area contributed by atoms with E-state index in [9.17, 15) is 19.4 Å². The van der Waals surface area contributed by atoms with Crippen LogP contribution in [0.15, 0.2) is 12.2 Å². The molecule has 3 atom stereocenters. The Kier molecular flexibility index (Phi) is 35.4. The average Bonchev–Trinajstić information content (AvgIpc) is 3.09. The molecule has 0 aliphatic rings. The second-order valence-corrected chi connectivity index (χ2v) is 17.8. The maximum absolute atomic E-state index is 12.8. The van der Waals surface area contributed by atoms with Crippen LogP contribution in [0.1, 0.15) is 206 Å². The van der Waals surface area contributed by atoms with E-state index in [-0.39, 0.29) is 19.1 Å². The quantitative estimate of drug-likeness (QED) is 0.0279. The summed E-state index contributed by atoms with van der Waals surface area (Å²) in [5, 5.41) is 13.9. The van der Waals surface area contributed by atoms with Gasteiger partial charge < -0.3 is 28.8 Å². The molecule has 3 unspecified atom stereocenters. The highest BCUT2D eigenvalue weighted by Gasteiger charge is 2.24. The topological polar surface area (TPSA) is 108 Å². The molecule has 0 spiro atoms. The third-order valence-electron chi connectivity index (χ3n) is 10.0. The van der Waals surface area contributed by atoms with Gasteiger partial charge in [-0.2, -0.15) is 0 Å². The van der Waals surface area contributed by atoms with Crippen LogP contribution in [-0.2, 0) is 18.4 Å². The molecular weight excluding hydrogens is 671 g/mol.